The van der Waals surface area contributed by atoms with Gasteiger partial charge in [0.25, 0.3) is 0 Å². The maximum absolute atomic E-state index is 13.7. The van der Waals surface area contributed by atoms with Gasteiger partial charge in [-0.25, -0.2) is 9.36 Å². The Balaban J connectivity index is 1.68. The fraction of sp³-hybridized carbons (Fsp3) is 0.542. The smallest absolute Gasteiger partial charge is 0.459 e. The van der Waals surface area contributed by atoms with Crippen molar-refractivity contribution in [1.29, 1.82) is 0 Å². The lowest BCUT2D eigenvalue weighted by molar-refractivity contribution is -0.146. The third-order valence-corrected chi connectivity index (χ3v) is 9.24. The molecule has 13 heteroatoms. The van der Waals surface area contributed by atoms with Gasteiger partial charge < -0.3 is 20.1 Å². The molecule has 0 spiro atoms. The van der Waals surface area contributed by atoms with Gasteiger partial charge in [0.1, 0.15) is 17.6 Å². The van der Waals surface area contributed by atoms with Crippen LogP contribution < -0.4 is 21.0 Å². The van der Waals surface area contributed by atoms with Crippen LogP contribution in [-0.4, -0.2) is 51.2 Å². The van der Waals surface area contributed by atoms with Gasteiger partial charge in [0.2, 0.25) is 0 Å². The number of carbonyl (C=O) groups is 1. The predicted octanol–water partition coefficient (Wildman–Crippen LogP) is 3.35. The van der Waals surface area contributed by atoms with Gasteiger partial charge in [-0.3, -0.25) is 13.9 Å². The highest BCUT2D eigenvalue weighted by Gasteiger charge is 2.39. The number of hydrogen-bond donors (Lipinski definition) is 3. The zero-order chi connectivity index (χ0) is 27.0. The minimum Gasteiger partial charge on any atom is -0.464 e. The van der Waals surface area contributed by atoms with E-state index in [-0.39, 0.29) is 37.1 Å². The molecular formula is C24H35N4O7PS. The number of nitrogens with one attached hydrogen (secondary N) is 1. The number of aromatic nitrogens is 2. The molecule has 11 nitrogen and oxygen atoms in total. The van der Waals surface area contributed by atoms with E-state index < -0.39 is 42.2 Å². The summed E-state index contributed by atoms with van der Waals surface area (Å²) in [6.45, 7) is 5.69. The quantitative estimate of drug-likeness (QED) is 0.247. The molecule has 1 aromatic carbocycles. The van der Waals surface area contributed by atoms with Crippen molar-refractivity contribution in [3.63, 3.8) is 0 Å². The van der Waals surface area contributed by atoms with E-state index in [2.05, 4.69) is 10.1 Å². The lowest BCUT2D eigenvalue weighted by Gasteiger charge is -2.25. The number of benzene rings is 1. The van der Waals surface area contributed by atoms with Crippen molar-refractivity contribution in [3.8, 4) is 5.75 Å². The van der Waals surface area contributed by atoms with E-state index in [1.54, 1.807) is 30.3 Å². The number of thioether (sulfide) groups is 1. The van der Waals surface area contributed by atoms with Crippen LogP contribution in [0, 0.1) is 5.92 Å². The average molecular weight is 555 g/mol. The van der Waals surface area contributed by atoms with Crippen molar-refractivity contribution in [2.24, 2.45) is 5.92 Å². The Kier molecular flexibility index (Phi) is 10.6. The Morgan fingerprint density at radius 2 is 2.00 bits per heavy atom. The summed E-state index contributed by atoms with van der Waals surface area (Å²) in [7, 11) is -4.07. The topological polar surface area (TPSA) is 155 Å². The molecule has 1 saturated heterocycles. The molecule has 1 aliphatic rings. The number of nitrogens with zero attached hydrogens (tertiary/aromatic N) is 2. The molecule has 5 atom stereocenters. The standard InChI is InChI=1S/C24H35N4O7PS/c1-4-17(5-2)14-33-23(30)16(3)27-36(32,35-18-9-7-6-8-10-18)34-15-20-19(29)13-22(37-20)28-12-11-21(25)26-24(28)31/h6-12,16-17,19-20,22,29H,4-5,13-15H2,1-3H3,(H,27,32)(H2,25,26,31)/t16-,19?,20?,22?,36-/m0/s1. The number of para-hydroxylation sites is 1. The van der Waals surface area contributed by atoms with E-state index in [4.69, 9.17) is 19.5 Å². The van der Waals surface area contributed by atoms with Crippen LogP contribution in [0.3, 0.4) is 0 Å². The Labute approximate surface area is 220 Å². The molecule has 1 aromatic heterocycles. The van der Waals surface area contributed by atoms with Crippen LogP contribution in [0.4, 0.5) is 5.82 Å². The first-order valence-electron chi connectivity index (χ1n) is 12.3. The molecule has 0 radical (unpaired) electrons. The first kappa shape index (κ1) is 29.2. The molecule has 3 rings (SSSR count). The van der Waals surface area contributed by atoms with Gasteiger partial charge in [0, 0.05) is 12.6 Å². The second kappa shape index (κ2) is 13.4. The monoisotopic (exact) mass is 554 g/mol. The molecule has 2 aromatic rings. The summed E-state index contributed by atoms with van der Waals surface area (Å²) in [6.07, 6.45) is 2.71. The largest absolute Gasteiger partial charge is 0.464 e. The van der Waals surface area contributed by atoms with Crippen LogP contribution in [0.2, 0.25) is 0 Å². The van der Waals surface area contributed by atoms with E-state index in [0.717, 1.165) is 12.8 Å². The minimum absolute atomic E-state index is 0.113. The van der Waals surface area contributed by atoms with Gasteiger partial charge in [-0.15, -0.1) is 11.8 Å². The Hall–Kier alpha value is -2.37. The second-order valence-corrected chi connectivity index (χ2v) is 12.0. The molecule has 4 N–H and O–H groups in total. The summed E-state index contributed by atoms with van der Waals surface area (Å²) in [6, 6.07) is 8.97. The maximum Gasteiger partial charge on any atom is 0.459 e. The third kappa shape index (κ3) is 8.31. The van der Waals surface area contributed by atoms with Crippen molar-refractivity contribution < 1.29 is 28.3 Å². The molecule has 1 fully saturated rings. The lowest BCUT2D eigenvalue weighted by atomic mass is 10.1. The highest BCUT2D eigenvalue weighted by molar-refractivity contribution is 8.00. The molecule has 0 saturated carbocycles. The van der Waals surface area contributed by atoms with Crippen molar-refractivity contribution in [3.05, 3.63) is 53.1 Å². The summed E-state index contributed by atoms with van der Waals surface area (Å²) in [5.74, 6) is 0.0746. The van der Waals surface area contributed by atoms with E-state index in [0.29, 0.717) is 0 Å². The Bertz CT molecular complexity index is 1130. The van der Waals surface area contributed by atoms with Gasteiger partial charge in [-0.05, 0) is 31.0 Å². The summed E-state index contributed by atoms with van der Waals surface area (Å²) < 4.78 is 31.9. The zero-order valence-corrected chi connectivity index (χ0v) is 22.9. The number of carbonyl (C=O) groups excluding carboxylic acids is 1. The van der Waals surface area contributed by atoms with Gasteiger partial charge in [0.15, 0.2) is 0 Å². The first-order valence-corrected chi connectivity index (χ1v) is 14.7. The molecule has 204 valence electrons. The normalized spacial score (nSPS) is 21.9. The minimum atomic E-state index is -4.07. The highest BCUT2D eigenvalue weighted by atomic mass is 32.2. The van der Waals surface area contributed by atoms with Crippen LogP contribution in [0.25, 0.3) is 0 Å². The SMILES string of the molecule is CCC(CC)COC(=O)[C@H](C)N[P@](=O)(OCC1SC(n2ccc(N)nc2=O)CC1O)Oc1ccccc1. The molecular weight excluding hydrogens is 519 g/mol. The number of hydrogen-bond acceptors (Lipinski definition) is 10. The molecule has 0 bridgehead atoms. The first-order chi connectivity index (χ1) is 17.6. The summed E-state index contributed by atoms with van der Waals surface area (Å²) >= 11 is 1.29. The van der Waals surface area contributed by atoms with Crippen LogP contribution in [-0.2, 0) is 18.6 Å². The zero-order valence-electron chi connectivity index (χ0n) is 21.2. The van der Waals surface area contributed by atoms with Crippen molar-refractivity contribution in [2.75, 3.05) is 18.9 Å². The molecule has 3 unspecified atom stereocenters. The van der Waals surface area contributed by atoms with Crippen molar-refractivity contribution in [2.45, 2.75) is 62.8 Å². The van der Waals surface area contributed by atoms with Crippen LogP contribution in [0.1, 0.15) is 45.4 Å². The summed E-state index contributed by atoms with van der Waals surface area (Å²) in [5, 5.41) is 12.4. The van der Waals surface area contributed by atoms with E-state index in [1.807, 2.05) is 13.8 Å². The van der Waals surface area contributed by atoms with Gasteiger partial charge in [-0.1, -0.05) is 44.9 Å². The average Bonchev–Trinajstić information content (AvgIpc) is 3.23. The number of aliphatic hydroxyl groups is 1. The van der Waals surface area contributed by atoms with Crippen molar-refractivity contribution >= 4 is 31.3 Å². The van der Waals surface area contributed by atoms with Crippen LogP contribution in [0.15, 0.2) is 47.4 Å². The second-order valence-electron chi connectivity index (χ2n) is 8.84. The Morgan fingerprint density at radius 1 is 1.30 bits per heavy atom. The number of esters is 1. The summed E-state index contributed by atoms with van der Waals surface area (Å²) in [5.41, 5.74) is 5.04. The van der Waals surface area contributed by atoms with Gasteiger partial charge >= 0.3 is 19.4 Å². The number of rotatable bonds is 13. The Morgan fingerprint density at radius 3 is 2.65 bits per heavy atom. The number of nitrogen functional groups attached to an aromatic ring is 1. The van der Waals surface area contributed by atoms with Crippen molar-refractivity contribution in [1.82, 2.24) is 14.6 Å². The maximum atomic E-state index is 13.7. The highest BCUT2D eigenvalue weighted by Crippen LogP contribution is 2.48. The fourth-order valence-corrected chi connectivity index (χ4v) is 6.76. The van der Waals surface area contributed by atoms with E-state index in [9.17, 15) is 19.3 Å². The summed E-state index contributed by atoms with van der Waals surface area (Å²) in [4.78, 5) is 28.5. The number of anilines is 1. The van der Waals surface area contributed by atoms with E-state index >= 15 is 0 Å². The third-order valence-electron chi connectivity index (χ3n) is 6.06. The van der Waals surface area contributed by atoms with Gasteiger partial charge in [-0.2, -0.15) is 10.1 Å². The van der Waals surface area contributed by atoms with Crippen LogP contribution in [0.5, 0.6) is 5.75 Å². The molecule has 0 amide bonds. The predicted molar refractivity (Wildman–Crippen MR) is 142 cm³/mol. The number of nitrogens with two attached hydrogens (primary N) is 1. The number of aliphatic hydroxyl groups excluding tert-OH is 1. The van der Waals surface area contributed by atoms with Crippen LogP contribution >= 0.6 is 19.5 Å². The van der Waals surface area contributed by atoms with E-state index in [1.165, 1.54) is 35.5 Å². The fourth-order valence-electron chi connectivity index (χ4n) is 3.70. The number of ether oxygens (including phenoxy) is 1. The molecule has 0 aliphatic carbocycles. The molecule has 1 aliphatic heterocycles. The lowest BCUT2D eigenvalue weighted by Crippen LogP contribution is -2.36. The molecule has 37 heavy (non-hydrogen) atoms. The van der Waals surface area contributed by atoms with Gasteiger partial charge in [0.05, 0.1) is 29.9 Å². The molecule has 2 heterocycles.